The third-order valence-electron chi connectivity index (χ3n) is 2.70. The first kappa shape index (κ1) is 12.2. The maximum Gasteiger partial charge on any atom is 0.295 e. The van der Waals surface area contributed by atoms with Crippen LogP contribution in [0.5, 0.6) is 0 Å². The van der Waals surface area contributed by atoms with Crippen molar-refractivity contribution in [1.29, 1.82) is 0 Å². The van der Waals surface area contributed by atoms with Crippen molar-refractivity contribution in [2.24, 2.45) is 0 Å². The minimum Gasteiger partial charge on any atom is -0.378 e. The first-order chi connectivity index (χ1) is 8.16. The molecule has 1 aliphatic rings. The number of anilines is 1. The Kier molecular flexibility index (Phi) is 3.83. The van der Waals surface area contributed by atoms with Gasteiger partial charge in [-0.3, -0.25) is 10.1 Å². The predicted molar refractivity (Wildman–Crippen MR) is 67.0 cm³/mol. The number of hydrogen-bond donors (Lipinski definition) is 1. The Morgan fingerprint density at radius 3 is 3.06 bits per heavy atom. The van der Waals surface area contributed by atoms with Gasteiger partial charge in [0.1, 0.15) is 11.5 Å². The number of thioether (sulfide) groups is 1. The molecular formula is C11H13FN2O2S. The molecule has 0 amide bonds. The summed E-state index contributed by atoms with van der Waals surface area (Å²) in [5.74, 6) is 0.565. The molecule has 4 nitrogen and oxygen atoms in total. The van der Waals surface area contributed by atoms with Gasteiger partial charge in [-0.2, -0.15) is 11.8 Å². The molecule has 1 saturated heterocycles. The zero-order valence-electron chi connectivity index (χ0n) is 9.19. The molecule has 1 aromatic carbocycles. The molecule has 1 heterocycles. The van der Waals surface area contributed by atoms with E-state index in [0.717, 1.165) is 18.2 Å². The molecule has 1 aliphatic heterocycles. The highest BCUT2D eigenvalue weighted by molar-refractivity contribution is 8.00. The molecular weight excluding hydrogens is 243 g/mol. The van der Waals surface area contributed by atoms with E-state index in [1.165, 1.54) is 18.6 Å². The number of rotatable bonds is 4. The van der Waals surface area contributed by atoms with Crippen molar-refractivity contribution >= 4 is 23.1 Å². The lowest BCUT2D eigenvalue weighted by Gasteiger charge is -2.11. The molecule has 0 radical (unpaired) electrons. The SMILES string of the molecule is O=[N+]([O-])c1cc(F)ccc1NCC1CCCS1. The fourth-order valence-electron chi connectivity index (χ4n) is 1.83. The molecule has 1 fully saturated rings. The van der Waals surface area contributed by atoms with Gasteiger partial charge in [0.25, 0.3) is 5.69 Å². The smallest absolute Gasteiger partial charge is 0.295 e. The fourth-order valence-corrected chi connectivity index (χ4v) is 3.04. The fraction of sp³-hybridized carbons (Fsp3) is 0.455. The topological polar surface area (TPSA) is 55.2 Å². The maximum atomic E-state index is 12.9. The number of nitrogens with zero attached hydrogens (tertiary/aromatic N) is 1. The van der Waals surface area contributed by atoms with Crippen molar-refractivity contribution in [3.8, 4) is 0 Å². The second kappa shape index (κ2) is 5.35. The average molecular weight is 256 g/mol. The van der Waals surface area contributed by atoms with E-state index in [1.807, 2.05) is 11.8 Å². The normalized spacial score (nSPS) is 19.2. The number of hydrogen-bond acceptors (Lipinski definition) is 4. The van der Waals surface area contributed by atoms with Crippen LogP contribution < -0.4 is 5.32 Å². The highest BCUT2D eigenvalue weighted by Gasteiger charge is 2.18. The van der Waals surface area contributed by atoms with Gasteiger partial charge in [0.2, 0.25) is 0 Å². The van der Waals surface area contributed by atoms with E-state index in [2.05, 4.69) is 5.32 Å². The number of nitrogens with one attached hydrogen (secondary N) is 1. The molecule has 0 aliphatic carbocycles. The highest BCUT2D eigenvalue weighted by atomic mass is 32.2. The molecule has 6 heteroatoms. The number of halogens is 1. The molecule has 1 aromatic rings. The standard InChI is InChI=1S/C11H13FN2O2S/c12-8-3-4-10(11(6-8)14(15)16)13-7-9-2-1-5-17-9/h3-4,6,9,13H,1-2,5,7H2. The van der Waals surface area contributed by atoms with Gasteiger partial charge in [-0.25, -0.2) is 4.39 Å². The Labute approximate surface area is 103 Å². The van der Waals surface area contributed by atoms with Gasteiger partial charge in [0.05, 0.1) is 11.0 Å². The van der Waals surface area contributed by atoms with Crippen molar-refractivity contribution in [2.75, 3.05) is 17.6 Å². The summed E-state index contributed by atoms with van der Waals surface area (Å²) >= 11 is 1.87. The van der Waals surface area contributed by atoms with E-state index in [1.54, 1.807) is 0 Å². The van der Waals surface area contributed by atoms with Crippen LogP contribution in [-0.2, 0) is 0 Å². The van der Waals surface area contributed by atoms with Gasteiger partial charge in [0.15, 0.2) is 0 Å². The Hall–Kier alpha value is -1.30. The van der Waals surface area contributed by atoms with Gasteiger partial charge >= 0.3 is 0 Å². The maximum absolute atomic E-state index is 12.9. The van der Waals surface area contributed by atoms with Crippen LogP contribution in [0.15, 0.2) is 18.2 Å². The van der Waals surface area contributed by atoms with Gasteiger partial charge in [-0.1, -0.05) is 0 Å². The van der Waals surface area contributed by atoms with Crippen molar-refractivity contribution in [3.05, 3.63) is 34.1 Å². The van der Waals surface area contributed by atoms with E-state index >= 15 is 0 Å². The third kappa shape index (κ3) is 3.09. The first-order valence-electron chi connectivity index (χ1n) is 5.46. The summed E-state index contributed by atoms with van der Waals surface area (Å²) in [4.78, 5) is 10.2. The lowest BCUT2D eigenvalue weighted by atomic mass is 10.2. The van der Waals surface area contributed by atoms with Crippen molar-refractivity contribution in [3.63, 3.8) is 0 Å². The van der Waals surface area contributed by atoms with Crippen LogP contribution in [0, 0.1) is 15.9 Å². The van der Waals surface area contributed by atoms with Gasteiger partial charge in [0, 0.05) is 11.8 Å². The Morgan fingerprint density at radius 1 is 1.59 bits per heavy atom. The van der Waals surface area contributed by atoms with Gasteiger partial charge in [-0.15, -0.1) is 0 Å². The molecule has 0 spiro atoms. The summed E-state index contributed by atoms with van der Waals surface area (Å²) in [6.07, 6.45) is 2.33. The first-order valence-corrected chi connectivity index (χ1v) is 6.51. The largest absolute Gasteiger partial charge is 0.378 e. The number of nitro benzene ring substituents is 1. The second-order valence-electron chi connectivity index (χ2n) is 3.93. The van der Waals surface area contributed by atoms with Crippen LogP contribution in [0.25, 0.3) is 0 Å². The predicted octanol–water partition coefficient (Wildman–Crippen LogP) is 3.04. The molecule has 0 aromatic heterocycles. The minimum atomic E-state index is -0.586. The minimum absolute atomic E-state index is 0.201. The molecule has 2 rings (SSSR count). The summed E-state index contributed by atoms with van der Waals surface area (Å²) in [7, 11) is 0. The van der Waals surface area contributed by atoms with Gasteiger partial charge in [-0.05, 0) is 30.7 Å². The Balaban J connectivity index is 2.06. The van der Waals surface area contributed by atoms with Crippen molar-refractivity contribution in [1.82, 2.24) is 0 Å². The summed E-state index contributed by atoms with van der Waals surface area (Å²) in [6.45, 7) is 0.692. The summed E-state index contributed by atoms with van der Waals surface area (Å²) in [6, 6.07) is 3.61. The molecule has 17 heavy (non-hydrogen) atoms. The Morgan fingerprint density at radius 2 is 2.41 bits per heavy atom. The monoisotopic (exact) mass is 256 g/mol. The zero-order valence-corrected chi connectivity index (χ0v) is 10.0. The van der Waals surface area contributed by atoms with E-state index in [4.69, 9.17) is 0 Å². The van der Waals surface area contributed by atoms with Crippen molar-refractivity contribution < 1.29 is 9.31 Å². The van der Waals surface area contributed by atoms with E-state index in [-0.39, 0.29) is 5.69 Å². The van der Waals surface area contributed by atoms with Crippen LogP contribution >= 0.6 is 11.8 Å². The van der Waals surface area contributed by atoms with Crippen LogP contribution in [0.1, 0.15) is 12.8 Å². The molecule has 1 atom stereocenters. The van der Waals surface area contributed by atoms with Crippen LogP contribution in [0.3, 0.4) is 0 Å². The summed E-state index contributed by atoms with van der Waals surface area (Å²) in [5.41, 5.74) is 0.192. The third-order valence-corrected chi connectivity index (χ3v) is 4.10. The van der Waals surface area contributed by atoms with Crippen LogP contribution in [-0.4, -0.2) is 22.5 Å². The van der Waals surface area contributed by atoms with Crippen LogP contribution in [0.4, 0.5) is 15.8 Å². The lowest BCUT2D eigenvalue weighted by molar-refractivity contribution is -0.384. The lowest BCUT2D eigenvalue weighted by Crippen LogP contribution is -2.14. The molecule has 1 unspecified atom stereocenters. The average Bonchev–Trinajstić information content (AvgIpc) is 2.80. The zero-order chi connectivity index (χ0) is 12.3. The van der Waals surface area contributed by atoms with Gasteiger partial charge < -0.3 is 5.32 Å². The van der Waals surface area contributed by atoms with E-state index in [0.29, 0.717) is 17.5 Å². The van der Waals surface area contributed by atoms with E-state index < -0.39 is 10.7 Å². The van der Waals surface area contributed by atoms with Crippen molar-refractivity contribution in [2.45, 2.75) is 18.1 Å². The quantitative estimate of drug-likeness (QED) is 0.664. The second-order valence-corrected chi connectivity index (χ2v) is 5.34. The summed E-state index contributed by atoms with van der Waals surface area (Å²) < 4.78 is 12.9. The number of benzene rings is 1. The highest BCUT2D eigenvalue weighted by Crippen LogP contribution is 2.29. The molecule has 0 bridgehead atoms. The molecule has 0 saturated carbocycles. The van der Waals surface area contributed by atoms with Crippen LogP contribution in [0.2, 0.25) is 0 Å². The molecule has 92 valence electrons. The Bertz CT molecular complexity index is 422. The summed E-state index contributed by atoms with van der Waals surface area (Å²) in [5, 5.41) is 14.3. The molecule has 1 N–H and O–H groups in total. The van der Waals surface area contributed by atoms with E-state index in [9.17, 15) is 14.5 Å². The number of nitro groups is 1.